The highest BCUT2D eigenvalue weighted by molar-refractivity contribution is 6.31. The number of nitrogens with zero attached hydrogens (tertiary/aromatic N) is 2. The van der Waals surface area contributed by atoms with Crippen LogP contribution in [0.1, 0.15) is 18.4 Å². The van der Waals surface area contributed by atoms with Crippen molar-refractivity contribution in [3.05, 3.63) is 28.8 Å². The second-order valence-electron chi connectivity index (χ2n) is 5.12. The van der Waals surface area contributed by atoms with E-state index in [0.29, 0.717) is 17.5 Å². The zero-order valence-corrected chi connectivity index (χ0v) is 11.4. The minimum absolute atomic E-state index is 0.0567. The Morgan fingerprint density at radius 3 is 3.00 bits per heavy atom. The third-order valence-electron chi connectivity index (χ3n) is 4.09. The van der Waals surface area contributed by atoms with Gasteiger partial charge in [0.1, 0.15) is 0 Å². The predicted molar refractivity (Wildman–Crippen MR) is 74.3 cm³/mol. The van der Waals surface area contributed by atoms with Gasteiger partial charge < -0.3 is 14.9 Å². The Morgan fingerprint density at radius 2 is 2.21 bits per heavy atom. The molecular formula is C14H17ClN2O2. The first-order valence-electron chi connectivity index (χ1n) is 6.63. The van der Waals surface area contributed by atoms with Crippen LogP contribution in [0, 0.1) is 0 Å². The van der Waals surface area contributed by atoms with Crippen LogP contribution in [-0.2, 0) is 11.4 Å². The van der Waals surface area contributed by atoms with Crippen molar-refractivity contribution in [3.8, 4) is 0 Å². The molecular weight excluding hydrogens is 264 g/mol. The van der Waals surface area contributed by atoms with Crippen molar-refractivity contribution >= 4 is 23.2 Å². The molecule has 1 N–H and O–H groups in total. The summed E-state index contributed by atoms with van der Waals surface area (Å²) in [5, 5.41) is 10.1. The molecule has 2 saturated heterocycles. The summed E-state index contributed by atoms with van der Waals surface area (Å²) in [6.45, 7) is 2.34. The number of hydrogen-bond donors (Lipinski definition) is 1. The fourth-order valence-electron chi connectivity index (χ4n) is 3.08. The number of amides is 1. The molecule has 2 aliphatic rings. The molecule has 1 aromatic rings. The number of benzene rings is 1. The molecule has 19 heavy (non-hydrogen) atoms. The number of halogens is 1. The monoisotopic (exact) mass is 280 g/mol. The van der Waals surface area contributed by atoms with Gasteiger partial charge in [0.25, 0.3) is 0 Å². The van der Waals surface area contributed by atoms with Gasteiger partial charge in [-0.3, -0.25) is 4.79 Å². The van der Waals surface area contributed by atoms with E-state index in [4.69, 9.17) is 11.6 Å². The first kappa shape index (κ1) is 12.8. The molecule has 0 radical (unpaired) electrons. The van der Waals surface area contributed by atoms with Gasteiger partial charge in [-0.1, -0.05) is 17.7 Å². The molecule has 1 atom stereocenters. The molecule has 0 spiro atoms. The largest absolute Gasteiger partial charge is 0.392 e. The van der Waals surface area contributed by atoms with Crippen LogP contribution >= 0.6 is 11.6 Å². The number of rotatable bonds is 2. The smallest absolute Gasteiger partial charge is 0.223 e. The van der Waals surface area contributed by atoms with Gasteiger partial charge in [0.2, 0.25) is 5.91 Å². The number of aliphatic hydroxyl groups excluding tert-OH is 1. The summed E-state index contributed by atoms with van der Waals surface area (Å²) in [6.07, 6.45) is 1.60. The molecule has 2 aliphatic heterocycles. The molecule has 1 aromatic carbocycles. The fourth-order valence-corrected chi connectivity index (χ4v) is 3.31. The minimum Gasteiger partial charge on any atom is -0.392 e. The molecule has 102 valence electrons. The topological polar surface area (TPSA) is 43.8 Å². The second kappa shape index (κ2) is 5.02. The van der Waals surface area contributed by atoms with Gasteiger partial charge in [-0.15, -0.1) is 0 Å². The van der Waals surface area contributed by atoms with Gasteiger partial charge in [-0.05, 0) is 18.6 Å². The van der Waals surface area contributed by atoms with Crippen LogP contribution in [0.5, 0.6) is 0 Å². The van der Waals surface area contributed by atoms with Crippen molar-refractivity contribution in [2.75, 3.05) is 24.5 Å². The highest BCUT2D eigenvalue weighted by Crippen LogP contribution is 2.31. The Labute approximate surface area is 117 Å². The maximum atomic E-state index is 11.7. The summed E-state index contributed by atoms with van der Waals surface area (Å²) in [5.41, 5.74) is 1.77. The molecule has 0 aliphatic carbocycles. The molecule has 3 rings (SSSR count). The lowest BCUT2D eigenvalue weighted by molar-refractivity contribution is -0.129. The lowest BCUT2D eigenvalue weighted by Gasteiger charge is -2.39. The van der Waals surface area contributed by atoms with Crippen LogP contribution in [0.15, 0.2) is 18.2 Å². The summed E-state index contributed by atoms with van der Waals surface area (Å²) in [6, 6.07) is 6.01. The first-order valence-corrected chi connectivity index (χ1v) is 7.01. The van der Waals surface area contributed by atoms with Crippen molar-refractivity contribution < 1.29 is 9.90 Å². The van der Waals surface area contributed by atoms with E-state index in [0.717, 1.165) is 37.3 Å². The van der Waals surface area contributed by atoms with Gasteiger partial charge >= 0.3 is 0 Å². The molecule has 5 heteroatoms. The van der Waals surface area contributed by atoms with Crippen LogP contribution in [-0.4, -0.2) is 41.6 Å². The average molecular weight is 281 g/mol. The highest BCUT2D eigenvalue weighted by atomic mass is 35.5. The van der Waals surface area contributed by atoms with Crippen LogP contribution in [0.3, 0.4) is 0 Å². The average Bonchev–Trinajstić information content (AvgIpc) is 2.79. The highest BCUT2D eigenvalue weighted by Gasteiger charge is 2.35. The van der Waals surface area contributed by atoms with E-state index in [9.17, 15) is 9.90 Å². The number of fused-ring (bicyclic) bond motifs is 1. The SMILES string of the molecule is O=C1CCC2CN(c3cccc(Cl)c3CO)CCN12. The van der Waals surface area contributed by atoms with Crippen LogP contribution in [0.4, 0.5) is 5.69 Å². The maximum absolute atomic E-state index is 11.7. The van der Waals surface area contributed by atoms with Gasteiger partial charge in [-0.25, -0.2) is 0 Å². The number of aliphatic hydroxyl groups is 1. The Balaban J connectivity index is 1.84. The van der Waals surface area contributed by atoms with E-state index in [1.54, 1.807) is 6.07 Å². The molecule has 1 unspecified atom stereocenters. The van der Waals surface area contributed by atoms with Gasteiger partial charge in [0.05, 0.1) is 6.61 Å². The molecule has 2 heterocycles. The van der Waals surface area contributed by atoms with E-state index < -0.39 is 0 Å². The van der Waals surface area contributed by atoms with Crippen molar-refractivity contribution in [1.29, 1.82) is 0 Å². The summed E-state index contributed by atoms with van der Waals surface area (Å²) < 4.78 is 0. The molecule has 1 amide bonds. The Morgan fingerprint density at radius 1 is 1.37 bits per heavy atom. The lowest BCUT2D eigenvalue weighted by atomic mass is 10.1. The van der Waals surface area contributed by atoms with Crippen molar-refractivity contribution in [2.45, 2.75) is 25.5 Å². The molecule has 2 fully saturated rings. The Kier molecular flexibility index (Phi) is 3.37. The second-order valence-corrected chi connectivity index (χ2v) is 5.53. The lowest BCUT2D eigenvalue weighted by Crippen LogP contribution is -2.51. The van der Waals surface area contributed by atoms with Crippen molar-refractivity contribution in [2.24, 2.45) is 0 Å². The zero-order chi connectivity index (χ0) is 13.4. The minimum atomic E-state index is -0.0567. The number of carbonyl (C=O) groups excluding carboxylic acids is 1. The van der Waals surface area contributed by atoms with E-state index in [-0.39, 0.29) is 12.5 Å². The number of hydrogen-bond acceptors (Lipinski definition) is 3. The summed E-state index contributed by atoms with van der Waals surface area (Å²) in [5.74, 6) is 0.276. The first-order chi connectivity index (χ1) is 9.20. The third-order valence-corrected chi connectivity index (χ3v) is 4.44. The Hall–Kier alpha value is -1.26. The van der Waals surface area contributed by atoms with E-state index >= 15 is 0 Å². The predicted octanol–water partition coefficient (Wildman–Crippen LogP) is 1.64. The van der Waals surface area contributed by atoms with Gasteiger partial charge in [0, 0.05) is 48.4 Å². The van der Waals surface area contributed by atoms with Crippen LogP contribution < -0.4 is 4.90 Å². The van der Waals surface area contributed by atoms with Crippen LogP contribution in [0.2, 0.25) is 5.02 Å². The van der Waals surface area contributed by atoms with Gasteiger partial charge in [0.15, 0.2) is 0 Å². The maximum Gasteiger partial charge on any atom is 0.223 e. The van der Waals surface area contributed by atoms with E-state index in [2.05, 4.69) is 4.90 Å². The van der Waals surface area contributed by atoms with Crippen molar-refractivity contribution in [1.82, 2.24) is 4.90 Å². The summed E-state index contributed by atoms with van der Waals surface area (Å²) in [4.78, 5) is 15.9. The third kappa shape index (κ3) is 2.19. The molecule has 0 aromatic heterocycles. The standard InChI is InChI=1S/C14H17ClN2O2/c15-12-2-1-3-13(11(12)9-18)16-6-7-17-10(8-16)4-5-14(17)19/h1-3,10,18H,4-9H2. The van der Waals surface area contributed by atoms with Crippen molar-refractivity contribution in [3.63, 3.8) is 0 Å². The molecule has 4 nitrogen and oxygen atoms in total. The molecule has 0 bridgehead atoms. The zero-order valence-electron chi connectivity index (χ0n) is 10.7. The van der Waals surface area contributed by atoms with Gasteiger partial charge in [-0.2, -0.15) is 0 Å². The van der Waals surface area contributed by atoms with E-state index in [1.165, 1.54) is 0 Å². The molecule has 0 saturated carbocycles. The number of anilines is 1. The van der Waals surface area contributed by atoms with Crippen LogP contribution in [0.25, 0.3) is 0 Å². The summed E-state index contributed by atoms with van der Waals surface area (Å²) >= 11 is 6.13. The number of piperazine rings is 1. The fraction of sp³-hybridized carbons (Fsp3) is 0.500. The normalized spacial score (nSPS) is 22.8. The number of carbonyl (C=O) groups is 1. The van der Waals surface area contributed by atoms with E-state index in [1.807, 2.05) is 17.0 Å². The quantitative estimate of drug-likeness (QED) is 0.896. The summed E-state index contributed by atoms with van der Waals surface area (Å²) in [7, 11) is 0. The Bertz CT molecular complexity index is 506.